The summed E-state index contributed by atoms with van der Waals surface area (Å²) in [6.45, 7) is 0. The molecule has 1 heterocycles. The largest absolute Gasteiger partial charge is 0.464 e. The predicted octanol–water partition coefficient (Wildman–Crippen LogP) is 5.66. The van der Waals surface area contributed by atoms with E-state index in [9.17, 15) is 9.18 Å². The first-order chi connectivity index (χ1) is 11.0. The van der Waals surface area contributed by atoms with Crippen LogP contribution < -0.4 is 0 Å². The van der Waals surface area contributed by atoms with Gasteiger partial charge in [-0.2, -0.15) is 0 Å². The van der Waals surface area contributed by atoms with E-state index in [1.165, 1.54) is 31.0 Å². The molecule has 0 aliphatic carbocycles. The van der Waals surface area contributed by atoms with Gasteiger partial charge in [0.1, 0.15) is 11.5 Å². The second-order valence-electron chi connectivity index (χ2n) is 4.69. The fourth-order valence-corrected chi connectivity index (χ4v) is 4.14. The molecule has 0 radical (unpaired) electrons. The molecule has 23 heavy (non-hydrogen) atoms. The highest BCUT2D eigenvalue weighted by Crippen LogP contribution is 2.40. The van der Waals surface area contributed by atoms with E-state index in [0.29, 0.717) is 19.9 Å². The zero-order valence-electron chi connectivity index (χ0n) is 11.8. The molecule has 0 saturated carbocycles. The smallest absolute Gasteiger partial charge is 0.355 e. The highest BCUT2D eigenvalue weighted by molar-refractivity contribution is 9.10. The lowest BCUT2D eigenvalue weighted by molar-refractivity contribution is 0.0591. The molecule has 0 aliphatic heterocycles. The van der Waals surface area contributed by atoms with Gasteiger partial charge in [-0.1, -0.05) is 23.4 Å². The van der Waals surface area contributed by atoms with Crippen molar-refractivity contribution in [2.45, 2.75) is 9.79 Å². The Kier molecular flexibility index (Phi) is 4.66. The Morgan fingerprint density at radius 1 is 1.30 bits per heavy atom. The molecule has 0 bridgehead atoms. The summed E-state index contributed by atoms with van der Waals surface area (Å²) in [4.78, 5) is 16.6. The van der Waals surface area contributed by atoms with Crippen molar-refractivity contribution in [1.82, 2.24) is 4.98 Å². The van der Waals surface area contributed by atoms with E-state index in [4.69, 9.17) is 16.3 Å². The first-order valence-electron chi connectivity index (χ1n) is 6.52. The summed E-state index contributed by atoms with van der Waals surface area (Å²) >= 11 is 10.6. The van der Waals surface area contributed by atoms with Crippen LogP contribution in [0.1, 0.15) is 10.5 Å². The van der Waals surface area contributed by atoms with Gasteiger partial charge in [0.05, 0.1) is 17.5 Å². The number of rotatable bonds is 3. The van der Waals surface area contributed by atoms with E-state index in [-0.39, 0.29) is 5.69 Å². The van der Waals surface area contributed by atoms with Crippen molar-refractivity contribution < 1.29 is 13.9 Å². The van der Waals surface area contributed by atoms with Crippen LogP contribution in [0.3, 0.4) is 0 Å². The average Bonchev–Trinajstić information content (AvgIpc) is 2.87. The number of hydrogen-bond acceptors (Lipinski definition) is 3. The van der Waals surface area contributed by atoms with Gasteiger partial charge in [-0.15, -0.1) is 0 Å². The van der Waals surface area contributed by atoms with Crippen molar-refractivity contribution in [3.63, 3.8) is 0 Å². The Morgan fingerprint density at radius 2 is 2.00 bits per heavy atom. The number of halogens is 3. The average molecular weight is 415 g/mol. The molecule has 7 heteroatoms. The van der Waals surface area contributed by atoms with Crippen LogP contribution in [-0.2, 0) is 4.74 Å². The van der Waals surface area contributed by atoms with Gasteiger partial charge in [-0.25, -0.2) is 9.18 Å². The van der Waals surface area contributed by atoms with E-state index >= 15 is 0 Å². The molecule has 3 aromatic rings. The number of carbonyl (C=O) groups excluding carboxylic acids is 1. The lowest BCUT2D eigenvalue weighted by atomic mass is 10.2. The number of carbonyl (C=O) groups is 1. The van der Waals surface area contributed by atoms with Crippen molar-refractivity contribution in [2.75, 3.05) is 7.11 Å². The Hall–Kier alpha value is -1.50. The molecule has 0 atom stereocenters. The Labute approximate surface area is 149 Å². The summed E-state index contributed by atoms with van der Waals surface area (Å²) in [5, 5.41) is 1.36. The third kappa shape index (κ3) is 3.24. The fraction of sp³-hybridized carbons (Fsp3) is 0.0625. The van der Waals surface area contributed by atoms with Crippen LogP contribution in [0.5, 0.6) is 0 Å². The Morgan fingerprint density at radius 3 is 2.65 bits per heavy atom. The minimum atomic E-state index is -0.509. The van der Waals surface area contributed by atoms with Crippen LogP contribution in [0.15, 0.2) is 50.7 Å². The van der Waals surface area contributed by atoms with Gasteiger partial charge in [-0.05, 0) is 52.3 Å². The van der Waals surface area contributed by atoms with Crippen LogP contribution in [0, 0.1) is 5.82 Å². The van der Waals surface area contributed by atoms with Crippen LogP contribution in [0.4, 0.5) is 4.39 Å². The standard InChI is InChI=1S/C16H10BrClFNO2S/c1-22-16(21)14-15(23-10-4-2-8(18)3-5-10)13-11(17)6-9(19)7-12(13)20-14/h2-7,20H,1H3. The second-order valence-corrected chi connectivity index (χ2v) is 7.06. The summed E-state index contributed by atoms with van der Waals surface area (Å²) in [5.41, 5.74) is 0.808. The molecular weight excluding hydrogens is 405 g/mol. The molecule has 1 N–H and O–H groups in total. The summed E-state index contributed by atoms with van der Waals surface area (Å²) in [6, 6.07) is 9.95. The van der Waals surface area contributed by atoms with Crippen LogP contribution in [0.2, 0.25) is 5.02 Å². The number of hydrogen-bond donors (Lipinski definition) is 1. The molecule has 0 aliphatic rings. The number of H-pyrrole nitrogens is 1. The zero-order chi connectivity index (χ0) is 16.6. The molecule has 3 rings (SSSR count). The molecular formula is C16H10BrClFNO2S. The number of nitrogens with one attached hydrogen (secondary N) is 1. The maximum absolute atomic E-state index is 13.6. The van der Waals surface area contributed by atoms with E-state index in [1.54, 1.807) is 12.1 Å². The topological polar surface area (TPSA) is 42.1 Å². The van der Waals surface area contributed by atoms with Gasteiger partial charge in [0.2, 0.25) is 0 Å². The summed E-state index contributed by atoms with van der Waals surface area (Å²) in [6.07, 6.45) is 0. The lowest BCUT2D eigenvalue weighted by Crippen LogP contribution is -2.02. The summed E-state index contributed by atoms with van der Waals surface area (Å²) in [7, 11) is 1.31. The van der Waals surface area contributed by atoms with E-state index in [2.05, 4.69) is 20.9 Å². The molecule has 1 aromatic heterocycles. The molecule has 0 fully saturated rings. The Balaban J connectivity index is 2.19. The predicted molar refractivity (Wildman–Crippen MR) is 92.9 cm³/mol. The number of benzene rings is 2. The highest BCUT2D eigenvalue weighted by Gasteiger charge is 2.21. The number of aromatic nitrogens is 1. The molecule has 0 spiro atoms. The molecule has 0 unspecified atom stereocenters. The van der Waals surface area contributed by atoms with Crippen molar-refractivity contribution in [3.8, 4) is 0 Å². The third-order valence-corrected chi connectivity index (χ3v) is 5.19. The number of fused-ring (bicyclic) bond motifs is 1. The molecule has 0 saturated heterocycles. The number of esters is 1. The quantitative estimate of drug-likeness (QED) is 0.562. The van der Waals surface area contributed by atoms with Crippen molar-refractivity contribution in [1.29, 1.82) is 0 Å². The summed E-state index contributed by atoms with van der Waals surface area (Å²) in [5.74, 6) is -0.907. The number of ether oxygens (including phenoxy) is 1. The van der Waals surface area contributed by atoms with E-state index < -0.39 is 11.8 Å². The number of methoxy groups -OCH3 is 1. The first-order valence-corrected chi connectivity index (χ1v) is 8.51. The lowest BCUT2D eigenvalue weighted by Gasteiger charge is -2.05. The Bertz CT molecular complexity index is 895. The van der Waals surface area contributed by atoms with E-state index in [0.717, 1.165) is 10.3 Å². The monoisotopic (exact) mass is 413 g/mol. The normalized spacial score (nSPS) is 11.0. The molecule has 0 amide bonds. The van der Waals surface area contributed by atoms with Gasteiger partial charge < -0.3 is 9.72 Å². The minimum absolute atomic E-state index is 0.286. The van der Waals surface area contributed by atoms with Crippen molar-refractivity contribution in [2.24, 2.45) is 0 Å². The van der Waals surface area contributed by atoms with Gasteiger partial charge in [0.15, 0.2) is 0 Å². The maximum Gasteiger partial charge on any atom is 0.355 e. The third-order valence-electron chi connectivity index (χ3n) is 3.19. The van der Waals surface area contributed by atoms with Crippen molar-refractivity contribution in [3.05, 3.63) is 57.4 Å². The van der Waals surface area contributed by atoms with Crippen LogP contribution in [-0.4, -0.2) is 18.1 Å². The van der Waals surface area contributed by atoms with Gasteiger partial charge in [0.25, 0.3) is 0 Å². The fourth-order valence-electron chi connectivity index (χ4n) is 2.19. The molecule has 3 nitrogen and oxygen atoms in total. The maximum atomic E-state index is 13.6. The molecule has 118 valence electrons. The van der Waals surface area contributed by atoms with Crippen LogP contribution in [0.25, 0.3) is 10.9 Å². The van der Waals surface area contributed by atoms with Crippen molar-refractivity contribution >= 4 is 56.2 Å². The first kappa shape index (κ1) is 16.4. The van der Waals surface area contributed by atoms with Gasteiger partial charge in [-0.3, -0.25) is 0 Å². The zero-order valence-corrected chi connectivity index (χ0v) is 15.0. The van der Waals surface area contributed by atoms with Crippen LogP contribution >= 0.6 is 39.3 Å². The second kappa shape index (κ2) is 6.55. The van der Waals surface area contributed by atoms with Gasteiger partial charge in [0, 0.05) is 19.8 Å². The number of aromatic amines is 1. The van der Waals surface area contributed by atoms with E-state index in [1.807, 2.05) is 12.1 Å². The summed E-state index contributed by atoms with van der Waals surface area (Å²) < 4.78 is 19.0. The van der Waals surface area contributed by atoms with Gasteiger partial charge >= 0.3 is 5.97 Å². The molecule has 2 aromatic carbocycles. The highest BCUT2D eigenvalue weighted by atomic mass is 79.9. The SMILES string of the molecule is COC(=O)c1[nH]c2cc(F)cc(Br)c2c1Sc1ccc(Cl)cc1. The minimum Gasteiger partial charge on any atom is -0.464 e.